The van der Waals surface area contributed by atoms with Crippen molar-refractivity contribution in [3.63, 3.8) is 0 Å². The molecule has 1 aromatic heterocycles. The lowest BCUT2D eigenvalue weighted by Gasteiger charge is -2.01. The maximum absolute atomic E-state index is 5.58. The van der Waals surface area contributed by atoms with Gasteiger partial charge in [0, 0.05) is 6.07 Å². The van der Waals surface area contributed by atoms with Crippen LogP contribution in [0, 0.1) is 13.8 Å². The molecule has 0 saturated heterocycles. The fourth-order valence-corrected chi connectivity index (χ4v) is 1.98. The fraction of sp³-hybridized carbons (Fsp3) is 0.182. The first kappa shape index (κ1) is 9.21. The topological polar surface area (TPSA) is 38.9 Å². The number of benzene rings is 1. The van der Waals surface area contributed by atoms with E-state index in [0.717, 1.165) is 4.88 Å². The van der Waals surface area contributed by atoms with E-state index < -0.39 is 0 Å². The molecule has 0 aliphatic carbocycles. The molecule has 0 unspecified atom stereocenters. The van der Waals surface area contributed by atoms with Crippen LogP contribution in [-0.2, 0) is 0 Å². The van der Waals surface area contributed by atoms with Crippen molar-refractivity contribution >= 4 is 17.4 Å². The van der Waals surface area contributed by atoms with Gasteiger partial charge in [-0.25, -0.2) is 0 Å². The number of aromatic nitrogens is 1. The van der Waals surface area contributed by atoms with Crippen LogP contribution < -0.4 is 5.73 Å². The van der Waals surface area contributed by atoms with E-state index in [1.807, 2.05) is 6.07 Å². The second-order valence-corrected chi connectivity index (χ2v) is 4.22. The van der Waals surface area contributed by atoms with Gasteiger partial charge in [-0.15, -0.1) is 0 Å². The van der Waals surface area contributed by atoms with Crippen molar-refractivity contribution in [1.29, 1.82) is 0 Å². The molecule has 1 heterocycles. The molecule has 2 aromatic rings. The van der Waals surface area contributed by atoms with Crippen molar-refractivity contribution in [3.05, 3.63) is 35.4 Å². The van der Waals surface area contributed by atoms with Crippen molar-refractivity contribution < 1.29 is 0 Å². The Labute approximate surface area is 87.6 Å². The molecule has 72 valence electrons. The maximum Gasteiger partial charge on any atom is 0.137 e. The lowest BCUT2D eigenvalue weighted by molar-refractivity contribution is 1.34. The zero-order valence-corrected chi connectivity index (χ0v) is 9.06. The second-order valence-electron chi connectivity index (χ2n) is 3.42. The second kappa shape index (κ2) is 3.42. The van der Waals surface area contributed by atoms with Crippen molar-refractivity contribution in [2.24, 2.45) is 0 Å². The number of nitrogen functional groups attached to an aromatic ring is 1. The first-order valence-corrected chi connectivity index (χ1v) is 5.24. The van der Waals surface area contributed by atoms with Gasteiger partial charge in [0.2, 0.25) is 0 Å². The zero-order chi connectivity index (χ0) is 10.1. The monoisotopic (exact) mass is 204 g/mol. The Morgan fingerprint density at radius 2 is 1.93 bits per heavy atom. The highest BCUT2D eigenvalue weighted by Gasteiger charge is 2.03. The summed E-state index contributed by atoms with van der Waals surface area (Å²) in [5.74, 6) is 0.600. The molecule has 2 N–H and O–H groups in total. The predicted octanol–water partition coefficient (Wildman–Crippen LogP) is 3.01. The molecule has 2 rings (SSSR count). The van der Waals surface area contributed by atoms with E-state index in [9.17, 15) is 0 Å². The van der Waals surface area contributed by atoms with E-state index in [4.69, 9.17) is 5.73 Å². The van der Waals surface area contributed by atoms with E-state index in [1.165, 1.54) is 28.2 Å². The van der Waals surface area contributed by atoms with Gasteiger partial charge in [-0.1, -0.05) is 18.2 Å². The standard InChI is InChI=1S/C11H12N2S/c1-7-3-4-9(5-8(7)2)10-6-11(12)13-14-10/h3-6H,1-2H3,(H2,12,13). The minimum Gasteiger partial charge on any atom is -0.383 e. The van der Waals surface area contributed by atoms with Crippen LogP contribution in [0.3, 0.4) is 0 Å². The summed E-state index contributed by atoms with van der Waals surface area (Å²) in [4.78, 5) is 1.13. The molecular weight excluding hydrogens is 192 g/mol. The summed E-state index contributed by atoms with van der Waals surface area (Å²) < 4.78 is 4.06. The molecule has 0 spiro atoms. The van der Waals surface area contributed by atoms with Crippen LogP contribution in [0.1, 0.15) is 11.1 Å². The number of hydrogen-bond acceptors (Lipinski definition) is 3. The number of anilines is 1. The third kappa shape index (κ3) is 1.63. The van der Waals surface area contributed by atoms with Crippen molar-refractivity contribution in [1.82, 2.24) is 4.37 Å². The summed E-state index contributed by atoms with van der Waals surface area (Å²) in [6, 6.07) is 8.31. The van der Waals surface area contributed by atoms with Gasteiger partial charge >= 0.3 is 0 Å². The molecule has 0 amide bonds. The zero-order valence-electron chi connectivity index (χ0n) is 8.24. The van der Waals surface area contributed by atoms with Gasteiger partial charge in [-0.2, -0.15) is 4.37 Å². The average Bonchev–Trinajstić information content (AvgIpc) is 2.57. The number of hydrogen-bond donors (Lipinski definition) is 1. The molecule has 2 nitrogen and oxygen atoms in total. The van der Waals surface area contributed by atoms with Crippen LogP contribution in [0.25, 0.3) is 10.4 Å². The van der Waals surface area contributed by atoms with Crippen LogP contribution >= 0.6 is 11.5 Å². The Balaban J connectivity index is 2.47. The molecule has 0 saturated carbocycles. The van der Waals surface area contributed by atoms with Crippen LogP contribution in [0.2, 0.25) is 0 Å². The van der Waals surface area contributed by atoms with Crippen molar-refractivity contribution in [2.45, 2.75) is 13.8 Å². The van der Waals surface area contributed by atoms with Crippen molar-refractivity contribution in [2.75, 3.05) is 5.73 Å². The molecule has 14 heavy (non-hydrogen) atoms. The Bertz CT molecular complexity index is 460. The first-order chi connectivity index (χ1) is 6.66. The largest absolute Gasteiger partial charge is 0.383 e. The fourth-order valence-electron chi connectivity index (χ4n) is 1.32. The van der Waals surface area contributed by atoms with Crippen LogP contribution in [0.15, 0.2) is 24.3 Å². The highest BCUT2D eigenvalue weighted by Crippen LogP contribution is 2.27. The van der Waals surface area contributed by atoms with Gasteiger partial charge in [0.15, 0.2) is 0 Å². The van der Waals surface area contributed by atoms with E-state index in [-0.39, 0.29) is 0 Å². The molecule has 0 bridgehead atoms. The number of aryl methyl sites for hydroxylation is 2. The summed E-state index contributed by atoms with van der Waals surface area (Å²) in [5, 5.41) is 0. The molecule has 0 fully saturated rings. The Kier molecular flexibility index (Phi) is 2.25. The number of nitrogens with two attached hydrogens (primary N) is 1. The Morgan fingerprint density at radius 3 is 2.50 bits per heavy atom. The third-order valence-corrected chi connectivity index (χ3v) is 3.17. The van der Waals surface area contributed by atoms with Gasteiger partial charge in [0.25, 0.3) is 0 Å². The molecule has 1 aromatic carbocycles. The Morgan fingerprint density at radius 1 is 1.14 bits per heavy atom. The smallest absolute Gasteiger partial charge is 0.137 e. The average molecular weight is 204 g/mol. The van der Waals surface area contributed by atoms with Gasteiger partial charge in [0.05, 0.1) is 4.88 Å². The van der Waals surface area contributed by atoms with Crippen LogP contribution in [0.4, 0.5) is 5.82 Å². The lowest BCUT2D eigenvalue weighted by atomic mass is 10.1. The minimum atomic E-state index is 0.600. The molecule has 3 heteroatoms. The molecular formula is C11H12N2S. The van der Waals surface area contributed by atoms with E-state index >= 15 is 0 Å². The van der Waals surface area contributed by atoms with Crippen LogP contribution in [-0.4, -0.2) is 4.37 Å². The normalized spacial score (nSPS) is 10.4. The van der Waals surface area contributed by atoms with E-state index in [2.05, 4.69) is 36.4 Å². The molecule has 0 radical (unpaired) electrons. The first-order valence-electron chi connectivity index (χ1n) is 4.46. The van der Waals surface area contributed by atoms with Gasteiger partial charge in [-0.05, 0) is 42.1 Å². The van der Waals surface area contributed by atoms with Gasteiger partial charge in [-0.3, -0.25) is 0 Å². The molecule has 0 aliphatic heterocycles. The SMILES string of the molecule is Cc1ccc(-c2cc(N)ns2)cc1C. The minimum absolute atomic E-state index is 0.600. The number of nitrogens with zero attached hydrogens (tertiary/aromatic N) is 1. The van der Waals surface area contributed by atoms with Crippen LogP contribution in [0.5, 0.6) is 0 Å². The quantitative estimate of drug-likeness (QED) is 0.775. The van der Waals surface area contributed by atoms with E-state index in [1.54, 1.807) is 0 Å². The third-order valence-electron chi connectivity index (χ3n) is 2.32. The maximum atomic E-state index is 5.58. The van der Waals surface area contributed by atoms with E-state index in [0.29, 0.717) is 5.82 Å². The van der Waals surface area contributed by atoms with Crippen molar-refractivity contribution in [3.8, 4) is 10.4 Å². The summed E-state index contributed by atoms with van der Waals surface area (Å²) in [7, 11) is 0. The molecule has 0 aliphatic rings. The van der Waals surface area contributed by atoms with Gasteiger partial charge < -0.3 is 5.73 Å². The lowest BCUT2D eigenvalue weighted by Crippen LogP contribution is -1.82. The van der Waals surface area contributed by atoms with Gasteiger partial charge in [0.1, 0.15) is 5.82 Å². The predicted molar refractivity (Wildman–Crippen MR) is 61.4 cm³/mol. The number of rotatable bonds is 1. The highest BCUT2D eigenvalue weighted by molar-refractivity contribution is 7.09. The summed E-state index contributed by atoms with van der Waals surface area (Å²) in [5.41, 5.74) is 9.39. The highest BCUT2D eigenvalue weighted by atomic mass is 32.1. The molecule has 0 atom stereocenters. The summed E-state index contributed by atoms with van der Waals surface area (Å²) >= 11 is 1.44. The Hall–Kier alpha value is -1.35. The summed E-state index contributed by atoms with van der Waals surface area (Å²) in [6.45, 7) is 4.23. The summed E-state index contributed by atoms with van der Waals surface area (Å²) in [6.07, 6.45) is 0.